The lowest BCUT2D eigenvalue weighted by Gasteiger charge is -2.06. The van der Waals surface area contributed by atoms with Crippen LogP contribution in [0.2, 0.25) is 0 Å². The van der Waals surface area contributed by atoms with Gasteiger partial charge in [0, 0.05) is 24.7 Å². The van der Waals surface area contributed by atoms with E-state index in [4.69, 9.17) is 0 Å². The summed E-state index contributed by atoms with van der Waals surface area (Å²) in [6.07, 6.45) is 5.29. The zero-order chi connectivity index (χ0) is 18.4. The first-order valence-corrected chi connectivity index (χ1v) is 7.84. The predicted octanol–water partition coefficient (Wildman–Crippen LogP) is 3.11. The second kappa shape index (κ2) is 8.19. The van der Waals surface area contributed by atoms with Gasteiger partial charge in [-0.2, -0.15) is 13.9 Å². The van der Waals surface area contributed by atoms with Crippen LogP contribution >= 0.6 is 0 Å². The van der Waals surface area contributed by atoms with Crippen molar-refractivity contribution in [1.82, 2.24) is 14.8 Å². The summed E-state index contributed by atoms with van der Waals surface area (Å²) in [5.41, 5.74) is 1.73. The predicted molar refractivity (Wildman–Crippen MR) is 91.0 cm³/mol. The number of hydrogen-bond acceptors (Lipinski definition) is 4. The third-order valence-electron chi connectivity index (χ3n) is 3.52. The molecule has 0 atom stereocenters. The monoisotopic (exact) mass is 358 g/mol. The summed E-state index contributed by atoms with van der Waals surface area (Å²) >= 11 is 0. The number of rotatable bonds is 7. The van der Waals surface area contributed by atoms with Crippen LogP contribution in [0.5, 0.6) is 5.75 Å². The molecular weight excluding hydrogens is 342 g/mol. The molecule has 3 rings (SSSR count). The second-order valence-electron chi connectivity index (χ2n) is 5.50. The molecule has 0 saturated heterocycles. The Bertz CT molecular complexity index is 851. The maximum absolute atomic E-state index is 12.1. The highest BCUT2D eigenvalue weighted by molar-refractivity contribution is 5.91. The molecule has 134 valence electrons. The standard InChI is InChI=1S/C18H16F2N4O2/c19-18(20)26-15-3-1-13(2-4-15)11-17(25)22-16-7-10-24(23-16)12-14-5-8-21-9-6-14/h1-10,18H,11-12H2,(H,22,23,25). The average Bonchev–Trinajstić information content (AvgIpc) is 3.04. The number of benzene rings is 1. The van der Waals surface area contributed by atoms with E-state index in [1.807, 2.05) is 12.1 Å². The Balaban J connectivity index is 1.53. The van der Waals surface area contributed by atoms with E-state index in [0.717, 1.165) is 5.56 Å². The molecule has 26 heavy (non-hydrogen) atoms. The van der Waals surface area contributed by atoms with Crippen LogP contribution < -0.4 is 10.1 Å². The number of pyridine rings is 1. The van der Waals surface area contributed by atoms with Gasteiger partial charge in [-0.05, 0) is 35.4 Å². The van der Waals surface area contributed by atoms with Crippen LogP contribution in [-0.4, -0.2) is 27.3 Å². The Morgan fingerprint density at radius 3 is 2.50 bits per heavy atom. The lowest BCUT2D eigenvalue weighted by atomic mass is 10.1. The van der Waals surface area contributed by atoms with Crippen LogP contribution in [0.25, 0.3) is 0 Å². The van der Waals surface area contributed by atoms with Crippen LogP contribution in [0.4, 0.5) is 14.6 Å². The summed E-state index contributed by atoms with van der Waals surface area (Å²) in [6, 6.07) is 11.4. The number of ether oxygens (including phenoxy) is 1. The Morgan fingerprint density at radius 1 is 1.08 bits per heavy atom. The number of carbonyl (C=O) groups excluding carboxylic acids is 1. The fourth-order valence-electron chi connectivity index (χ4n) is 2.35. The average molecular weight is 358 g/mol. The minimum absolute atomic E-state index is 0.0546. The summed E-state index contributed by atoms with van der Waals surface area (Å²) in [5.74, 6) is 0.252. The lowest BCUT2D eigenvalue weighted by Crippen LogP contribution is -2.15. The molecule has 0 saturated carbocycles. The summed E-state index contributed by atoms with van der Waals surface area (Å²) in [6.45, 7) is -2.30. The van der Waals surface area contributed by atoms with E-state index < -0.39 is 6.61 Å². The first kappa shape index (κ1) is 17.5. The highest BCUT2D eigenvalue weighted by atomic mass is 19.3. The fourth-order valence-corrected chi connectivity index (χ4v) is 2.35. The van der Waals surface area contributed by atoms with Crippen molar-refractivity contribution in [3.8, 4) is 5.75 Å². The van der Waals surface area contributed by atoms with Gasteiger partial charge in [-0.25, -0.2) is 0 Å². The van der Waals surface area contributed by atoms with Crippen molar-refractivity contribution >= 4 is 11.7 Å². The van der Waals surface area contributed by atoms with Crippen molar-refractivity contribution in [2.24, 2.45) is 0 Å². The SMILES string of the molecule is O=C(Cc1ccc(OC(F)F)cc1)Nc1ccn(Cc2ccncc2)n1. The van der Waals surface area contributed by atoms with E-state index in [-0.39, 0.29) is 18.1 Å². The van der Waals surface area contributed by atoms with Crippen LogP contribution in [0.3, 0.4) is 0 Å². The summed E-state index contributed by atoms with van der Waals surface area (Å²) in [4.78, 5) is 16.1. The number of nitrogens with zero attached hydrogens (tertiary/aromatic N) is 3. The fraction of sp³-hybridized carbons (Fsp3) is 0.167. The third kappa shape index (κ3) is 5.10. The van der Waals surface area contributed by atoms with Gasteiger partial charge < -0.3 is 10.1 Å². The molecular formula is C18H16F2N4O2. The van der Waals surface area contributed by atoms with E-state index >= 15 is 0 Å². The molecule has 0 radical (unpaired) electrons. The molecule has 0 unspecified atom stereocenters. The van der Waals surface area contributed by atoms with Crippen molar-refractivity contribution in [3.05, 3.63) is 72.2 Å². The number of amides is 1. The van der Waals surface area contributed by atoms with Gasteiger partial charge in [-0.15, -0.1) is 0 Å². The van der Waals surface area contributed by atoms with Crippen LogP contribution in [0, 0.1) is 0 Å². The molecule has 8 heteroatoms. The maximum atomic E-state index is 12.1. The Kier molecular flexibility index (Phi) is 5.52. The Labute approximate surface area is 148 Å². The molecule has 0 spiro atoms. The van der Waals surface area contributed by atoms with Gasteiger partial charge in [0.05, 0.1) is 13.0 Å². The minimum Gasteiger partial charge on any atom is -0.435 e. The zero-order valence-corrected chi connectivity index (χ0v) is 13.7. The molecule has 0 aliphatic carbocycles. The van der Waals surface area contributed by atoms with Crippen LogP contribution in [0.15, 0.2) is 61.1 Å². The molecule has 1 amide bonds. The number of aromatic nitrogens is 3. The minimum atomic E-state index is -2.87. The van der Waals surface area contributed by atoms with Gasteiger partial charge in [0.25, 0.3) is 0 Å². The van der Waals surface area contributed by atoms with Gasteiger partial charge in [0.2, 0.25) is 5.91 Å². The first-order chi connectivity index (χ1) is 12.6. The van der Waals surface area contributed by atoms with E-state index in [9.17, 15) is 13.6 Å². The third-order valence-corrected chi connectivity index (χ3v) is 3.52. The van der Waals surface area contributed by atoms with Gasteiger partial charge in [-0.3, -0.25) is 14.5 Å². The number of halogens is 2. The number of hydrogen-bond donors (Lipinski definition) is 1. The summed E-state index contributed by atoms with van der Waals surface area (Å²) in [5, 5.41) is 7.00. The topological polar surface area (TPSA) is 69.0 Å². The maximum Gasteiger partial charge on any atom is 0.387 e. The second-order valence-corrected chi connectivity index (χ2v) is 5.50. The van der Waals surface area contributed by atoms with Crippen molar-refractivity contribution in [3.63, 3.8) is 0 Å². The number of alkyl halides is 2. The molecule has 0 fully saturated rings. The largest absolute Gasteiger partial charge is 0.435 e. The van der Waals surface area contributed by atoms with E-state index in [1.165, 1.54) is 12.1 Å². The molecule has 1 aromatic carbocycles. The molecule has 2 aromatic heterocycles. The molecule has 0 aliphatic rings. The first-order valence-electron chi connectivity index (χ1n) is 7.84. The number of anilines is 1. The van der Waals surface area contributed by atoms with Gasteiger partial charge in [-0.1, -0.05) is 12.1 Å². The molecule has 3 aromatic rings. The van der Waals surface area contributed by atoms with Crippen LogP contribution in [0.1, 0.15) is 11.1 Å². The van der Waals surface area contributed by atoms with Gasteiger partial charge >= 0.3 is 6.61 Å². The normalized spacial score (nSPS) is 10.7. The smallest absolute Gasteiger partial charge is 0.387 e. The molecule has 6 nitrogen and oxygen atoms in total. The summed E-state index contributed by atoms with van der Waals surface area (Å²) < 4.78 is 30.2. The molecule has 2 heterocycles. The van der Waals surface area contributed by atoms with Gasteiger partial charge in [0.1, 0.15) is 5.75 Å². The molecule has 0 bridgehead atoms. The summed E-state index contributed by atoms with van der Waals surface area (Å²) in [7, 11) is 0. The van der Waals surface area contributed by atoms with E-state index in [2.05, 4.69) is 20.1 Å². The van der Waals surface area contributed by atoms with E-state index in [1.54, 1.807) is 41.5 Å². The highest BCUT2D eigenvalue weighted by Gasteiger charge is 2.08. The van der Waals surface area contributed by atoms with E-state index in [0.29, 0.717) is 17.9 Å². The van der Waals surface area contributed by atoms with Crippen molar-refractivity contribution in [2.45, 2.75) is 19.6 Å². The Hall–Kier alpha value is -3.29. The lowest BCUT2D eigenvalue weighted by molar-refractivity contribution is -0.115. The highest BCUT2D eigenvalue weighted by Crippen LogP contribution is 2.15. The molecule has 0 aliphatic heterocycles. The number of nitrogens with one attached hydrogen (secondary N) is 1. The van der Waals surface area contributed by atoms with Crippen molar-refractivity contribution < 1.29 is 18.3 Å². The van der Waals surface area contributed by atoms with Crippen molar-refractivity contribution in [2.75, 3.05) is 5.32 Å². The number of carbonyl (C=O) groups is 1. The van der Waals surface area contributed by atoms with Crippen LogP contribution in [-0.2, 0) is 17.8 Å². The van der Waals surface area contributed by atoms with Gasteiger partial charge in [0.15, 0.2) is 5.82 Å². The quantitative estimate of drug-likeness (QED) is 0.705. The Morgan fingerprint density at radius 2 is 1.81 bits per heavy atom. The zero-order valence-electron chi connectivity index (χ0n) is 13.7. The van der Waals surface area contributed by atoms with Crippen molar-refractivity contribution in [1.29, 1.82) is 0 Å². The molecule has 1 N–H and O–H groups in total.